The van der Waals surface area contributed by atoms with Crippen molar-refractivity contribution in [3.05, 3.63) is 41.6 Å². The number of para-hydroxylation sites is 1. The largest absolute Gasteiger partial charge is 0.506 e. The Labute approximate surface area is 133 Å². The van der Waals surface area contributed by atoms with Crippen molar-refractivity contribution in [3.8, 4) is 5.75 Å². The Bertz CT molecular complexity index is 747. The molecule has 6 heteroatoms. The summed E-state index contributed by atoms with van der Waals surface area (Å²) < 4.78 is 9.74. The summed E-state index contributed by atoms with van der Waals surface area (Å²) >= 11 is 0. The number of benzene rings is 1. The van der Waals surface area contributed by atoms with E-state index in [0.717, 1.165) is 5.39 Å². The van der Waals surface area contributed by atoms with Crippen LogP contribution in [-0.2, 0) is 19.1 Å². The van der Waals surface area contributed by atoms with Crippen LogP contribution in [0.3, 0.4) is 0 Å². The molecule has 23 heavy (non-hydrogen) atoms. The van der Waals surface area contributed by atoms with Crippen LogP contribution in [0.15, 0.2) is 35.9 Å². The molecule has 6 nitrogen and oxygen atoms in total. The van der Waals surface area contributed by atoms with Crippen molar-refractivity contribution in [2.45, 2.75) is 13.8 Å². The van der Waals surface area contributed by atoms with E-state index in [0.29, 0.717) is 11.2 Å². The van der Waals surface area contributed by atoms with Gasteiger partial charge in [-0.1, -0.05) is 18.2 Å². The molecule has 0 aliphatic carbocycles. The standard InChI is InChI=1S/C17H17NO5/c1-3-22-16(20)13(17(21)23-4-2)10-12-9-8-11-6-5-7-14(19)15(11)18-12/h5-10,19H,3-4H2,1-2H3. The highest BCUT2D eigenvalue weighted by atomic mass is 16.6. The number of ether oxygens (including phenoxy) is 2. The van der Waals surface area contributed by atoms with Crippen LogP contribution in [0.4, 0.5) is 0 Å². The van der Waals surface area contributed by atoms with E-state index in [1.807, 2.05) is 0 Å². The first-order valence-corrected chi connectivity index (χ1v) is 7.21. The lowest BCUT2D eigenvalue weighted by Gasteiger charge is -2.07. The molecule has 0 amide bonds. The lowest BCUT2D eigenvalue weighted by atomic mass is 10.1. The van der Waals surface area contributed by atoms with Gasteiger partial charge in [0.1, 0.15) is 16.8 Å². The topological polar surface area (TPSA) is 85.7 Å². The summed E-state index contributed by atoms with van der Waals surface area (Å²) in [6.45, 7) is 3.57. The molecule has 0 aliphatic rings. The van der Waals surface area contributed by atoms with E-state index in [1.54, 1.807) is 38.1 Å². The van der Waals surface area contributed by atoms with Crippen LogP contribution in [0, 0.1) is 0 Å². The molecule has 0 saturated heterocycles. The van der Waals surface area contributed by atoms with Crippen molar-refractivity contribution in [1.82, 2.24) is 4.98 Å². The molecule has 1 aromatic heterocycles. The Kier molecular flexibility index (Phi) is 5.30. The number of carbonyl (C=O) groups excluding carboxylic acids is 2. The SMILES string of the molecule is CCOC(=O)C(=Cc1ccc2cccc(O)c2n1)C(=O)OCC. The second-order valence-electron chi connectivity index (χ2n) is 4.58. The van der Waals surface area contributed by atoms with Gasteiger partial charge in [0.2, 0.25) is 0 Å². The molecule has 120 valence electrons. The van der Waals surface area contributed by atoms with Gasteiger partial charge in [-0.3, -0.25) is 0 Å². The van der Waals surface area contributed by atoms with Crippen LogP contribution in [-0.4, -0.2) is 35.2 Å². The normalized spacial score (nSPS) is 10.2. The van der Waals surface area contributed by atoms with Crippen molar-refractivity contribution in [2.75, 3.05) is 13.2 Å². The lowest BCUT2D eigenvalue weighted by molar-refractivity contribution is -0.146. The monoisotopic (exact) mass is 315 g/mol. The first-order valence-electron chi connectivity index (χ1n) is 7.21. The number of esters is 2. The third kappa shape index (κ3) is 3.85. The minimum Gasteiger partial charge on any atom is -0.506 e. The highest BCUT2D eigenvalue weighted by molar-refractivity contribution is 6.17. The zero-order valence-electron chi connectivity index (χ0n) is 12.9. The molecule has 1 aromatic carbocycles. The van der Waals surface area contributed by atoms with Crippen LogP contribution in [0.2, 0.25) is 0 Å². The average molecular weight is 315 g/mol. The van der Waals surface area contributed by atoms with Gasteiger partial charge >= 0.3 is 11.9 Å². The molecule has 0 spiro atoms. The number of hydrogen-bond acceptors (Lipinski definition) is 6. The molecule has 0 bridgehead atoms. The number of rotatable bonds is 5. The summed E-state index contributed by atoms with van der Waals surface area (Å²) in [5, 5.41) is 10.6. The molecule has 0 aliphatic heterocycles. The fraction of sp³-hybridized carbons (Fsp3) is 0.235. The van der Waals surface area contributed by atoms with Gasteiger partial charge in [0.25, 0.3) is 0 Å². The van der Waals surface area contributed by atoms with Gasteiger partial charge in [0.05, 0.1) is 18.9 Å². The summed E-state index contributed by atoms with van der Waals surface area (Å²) in [4.78, 5) is 28.1. The maximum Gasteiger partial charge on any atom is 0.345 e. The fourth-order valence-electron chi connectivity index (χ4n) is 1.99. The first-order chi connectivity index (χ1) is 11.1. The molecule has 1 heterocycles. The lowest BCUT2D eigenvalue weighted by Crippen LogP contribution is -2.18. The minimum absolute atomic E-state index is 0.0200. The van der Waals surface area contributed by atoms with Crippen molar-refractivity contribution in [2.24, 2.45) is 0 Å². The Morgan fingerprint density at radius 2 is 1.74 bits per heavy atom. The molecule has 0 fully saturated rings. The third-order valence-corrected chi connectivity index (χ3v) is 3.00. The van der Waals surface area contributed by atoms with Gasteiger partial charge in [-0.25, -0.2) is 14.6 Å². The third-order valence-electron chi connectivity index (χ3n) is 3.00. The highest BCUT2D eigenvalue weighted by Gasteiger charge is 2.21. The predicted molar refractivity (Wildman–Crippen MR) is 84.7 cm³/mol. The van der Waals surface area contributed by atoms with E-state index < -0.39 is 11.9 Å². The molecular formula is C17H17NO5. The van der Waals surface area contributed by atoms with Gasteiger partial charge in [-0.15, -0.1) is 0 Å². The second kappa shape index (κ2) is 7.40. The molecule has 2 rings (SSSR count). The van der Waals surface area contributed by atoms with Crippen molar-refractivity contribution in [1.29, 1.82) is 0 Å². The molecule has 0 saturated carbocycles. The number of phenols is 1. The van der Waals surface area contributed by atoms with Gasteiger partial charge < -0.3 is 14.6 Å². The van der Waals surface area contributed by atoms with E-state index in [1.165, 1.54) is 12.1 Å². The average Bonchev–Trinajstić information content (AvgIpc) is 2.53. The Morgan fingerprint density at radius 1 is 1.09 bits per heavy atom. The Morgan fingerprint density at radius 3 is 2.35 bits per heavy atom. The molecule has 1 N–H and O–H groups in total. The number of carbonyl (C=O) groups is 2. The number of fused-ring (bicyclic) bond motifs is 1. The summed E-state index contributed by atoms with van der Waals surface area (Å²) in [5.74, 6) is -1.53. The van der Waals surface area contributed by atoms with Gasteiger partial charge in [0.15, 0.2) is 0 Å². The Hall–Kier alpha value is -2.89. The first kappa shape index (κ1) is 16.5. The maximum atomic E-state index is 11.9. The van der Waals surface area contributed by atoms with E-state index in [2.05, 4.69) is 4.98 Å². The number of pyridine rings is 1. The highest BCUT2D eigenvalue weighted by Crippen LogP contribution is 2.23. The van der Waals surface area contributed by atoms with Crippen LogP contribution in [0.1, 0.15) is 19.5 Å². The summed E-state index contributed by atoms with van der Waals surface area (Å²) in [6.07, 6.45) is 1.29. The smallest absolute Gasteiger partial charge is 0.345 e. The van der Waals surface area contributed by atoms with Crippen LogP contribution in [0.25, 0.3) is 17.0 Å². The van der Waals surface area contributed by atoms with Gasteiger partial charge in [-0.05, 0) is 32.1 Å². The van der Waals surface area contributed by atoms with Crippen LogP contribution >= 0.6 is 0 Å². The van der Waals surface area contributed by atoms with E-state index in [4.69, 9.17) is 9.47 Å². The molecule has 0 radical (unpaired) electrons. The number of nitrogens with zero attached hydrogens (tertiary/aromatic N) is 1. The predicted octanol–water partition coefficient (Wildman–Crippen LogP) is 2.45. The van der Waals surface area contributed by atoms with E-state index >= 15 is 0 Å². The molecule has 2 aromatic rings. The molecule has 0 atom stereocenters. The van der Waals surface area contributed by atoms with E-state index in [9.17, 15) is 14.7 Å². The number of aromatic nitrogens is 1. The Balaban J connectivity index is 2.47. The summed E-state index contributed by atoms with van der Waals surface area (Å²) in [6, 6.07) is 8.40. The minimum atomic E-state index is -0.773. The van der Waals surface area contributed by atoms with Crippen molar-refractivity contribution < 1.29 is 24.2 Å². The van der Waals surface area contributed by atoms with Crippen LogP contribution < -0.4 is 0 Å². The molecule has 0 unspecified atom stereocenters. The van der Waals surface area contributed by atoms with Crippen molar-refractivity contribution in [3.63, 3.8) is 0 Å². The number of aromatic hydroxyl groups is 1. The van der Waals surface area contributed by atoms with Crippen molar-refractivity contribution >= 4 is 28.9 Å². The molecular weight excluding hydrogens is 298 g/mol. The van der Waals surface area contributed by atoms with E-state index in [-0.39, 0.29) is 24.5 Å². The maximum absolute atomic E-state index is 11.9. The quantitative estimate of drug-likeness (QED) is 0.395. The zero-order valence-corrected chi connectivity index (χ0v) is 12.9. The second-order valence-corrected chi connectivity index (χ2v) is 4.58. The fourth-order valence-corrected chi connectivity index (χ4v) is 1.99. The van der Waals surface area contributed by atoms with Gasteiger partial charge in [-0.2, -0.15) is 0 Å². The summed E-state index contributed by atoms with van der Waals surface area (Å²) in [5.41, 5.74) is 0.486. The zero-order chi connectivity index (χ0) is 16.8. The summed E-state index contributed by atoms with van der Waals surface area (Å²) in [7, 11) is 0. The number of hydrogen-bond donors (Lipinski definition) is 1. The number of phenolic OH excluding ortho intramolecular Hbond substituents is 1. The van der Waals surface area contributed by atoms with Crippen LogP contribution in [0.5, 0.6) is 5.75 Å². The van der Waals surface area contributed by atoms with Gasteiger partial charge in [0, 0.05) is 5.39 Å².